The molecule has 1 atom stereocenters. The minimum Gasteiger partial charge on any atom is -0.0990 e. The van der Waals surface area contributed by atoms with E-state index in [-0.39, 0.29) is 0 Å². The SMILES string of the molecule is C=C/C=C(\C=C)P(Cl)c1ccccc1. The average molecular weight is 223 g/mol. The molecule has 2 heteroatoms. The first-order valence-corrected chi connectivity index (χ1v) is 6.50. The molecular formula is C12H12ClP. The third-order valence-electron chi connectivity index (χ3n) is 1.71. The first kappa shape index (κ1) is 11.2. The molecule has 0 aliphatic rings. The van der Waals surface area contributed by atoms with Gasteiger partial charge < -0.3 is 0 Å². The molecule has 1 aromatic carbocycles. The van der Waals surface area contributed by atoms with Crippen LogP contribution in [0.2, 0.25) is 0 Å². The van der Waals surface area contributed by atoms with Crippen LogP contribution in [0, 0.1) is 0 Å². The summed E-state index contributed by atoms with van der Waals surface area (Å²) in [4.78, 5) is 0. The fourth-order valence-electron chi connectivity index (χ4n) is 1.04. The van der Waals surface area contributed by atoms with Crippen molar-refractivity contribution >= 4 is 23.8 Å². The molecule has 0 spiro atoms. The van der Waals surface area contributed by atoms with Gasteiger partial charge in [0.15, 0.2) is 0 Å². The van der Waals surface area contributed by atoms with E-state index in [4.69, 9.17) is 11.2 Å². The third-order valence-corrected chi connectivity index (χ3v) is 4.41. The Morgan fingerprint density at radius 2 is 1.86 bits per heavy atom. The maximum absolute atomic E-state index is 6.33. The van der Waals surface area contributed by atoms with Gasteiger partial charge in [-0.15, -0.1) is 0 Å². The zero-order chi connectivity index (χ0) is 10.4. The van der Waals surface area contributed by atoms with E-state index in [0.717, 1.165) is 10.6 Å². The van der Waals surface area contributed by atoms with E-state index >= 15 is 0 Å². The highest BCUT2D eigenvalue weighted by molar-refractivity contribution is 7.93. The largest absolute Gasteiger partial charge is 0.0990 e. The monoisotopic (exact) mass is 222 g/mol. The summed E-state index contributed by atoms with van der Waals surface area (Å²) in [6.07, 6.45) is 5.42. The fourth-order valence-corrected chi connectivity index (χ4v) is 2.89. The Bertz CT molecular complexity index is 341. The molecule has 0 fully saturated rings. The van der Waals surface area contributed by atoms with Crippen LogP contribution in [0.4, 0.5) is 0 Å². The minimum absolute atomic E-state index is 0.801. The number of halogens is 1. The highest BCUT2D eigenvalue weighted by atomic mass is 35.7. The summed E-state index contributed by atoms with van der Waals surface area (Å²) in [7, 11) is -0.801. The van der Waals surface area contributed by atoms with Crippen molar-refractivity contribution < 1.29 is 0 Å². The highest BCUT2D eigenvalue weighted by Crippen LogP contribution is 2.48. The van der Waals surface area contributed by atoms with Crippen LogP contribution in [0.1, 0.15) is 0 Å². The number of hydrogen-bond donors (Lipinski definition) is 0. The second kappa shape index (κ2) is 5.80. The van der Waals surface area contributed by atoms with Gasteiger partial charge in [-0.1, -0.05) is 73.0 Å². The van der Waals surface area contributed by atoms with Gasteiger partial charge in [-0.3, -0.25) is 0 Å². The van der Waals surface area contributed by atoms with Crippen molar-refractivity contribution in [2.45, 2.75) is 0 Å². The molecule has 1 rings (SSSR count). The van der Waals surface area contributed by atoms with Crippen LogP contribution in [0.25, 0.3) is 0 Å². The van der Waals surface area contributed by atoms with Crippen LogP contribution in [0.3, 0.4) is 0 Å². The maximum atomic E-state index is 6.33. The fraction of sp³-hybridized carbons (Fsp3) is 0. The third kappa shape index (κ3) is 2.83. The molecule has 0 bridgehead atoms. The number of allylic oxidation sites excluding steroid dienone is 4. The first-order valence-electron chi connectivity index (χ1n) is 4.25. The van der Waals surface area contributed by atoms with Crippen LogP contribution in [0.5, 0.6) is 0 Å². The summed E-state index contributed by atoms with van der Waals surface area (Å²) in [6, 6.07) is 10.0. The van der Waals surface area contributed by atoms with E-state index in [0.29, 0.717) is 0 Å². The van der Waals surface area contributed by atoms with Crippen molar-refractivity contribution in [2.75, 3.05) is 0 Å². The van der Waals surface area contributed by atoms with E-state index in [1.165, 1.54) is 0 Å². The van der Waals surface area contributed by atoms with Gasteiger partial charge >= 0.3 is 0 Å². The maximum Gasteiger partial charge on any atom is 0.0523 e. The van der Waals surface area contributed by atoms with Crippen molar-refractivity contribution in [3.8, 4) is 0 Å². The van der Waals surface area contributed by atoms with Crippen molar-refractivity contribution in [1.29, 1.82) is 0 Å². The highest BCUT2D eigenvalue weighted by Gasteiger charge is 2.09. The standard InChI is InChI=1S/C12H12ClP/c1-3-8-11(4-2)14(13)12-9-6-5-7-10-12/h3-10H,1-2H2/b11-8+. The second-order valence-electron chi connectivity index (χ2n) is 2.65. The van der Waals surface area contributed by atoms with Crippen molar-refractivity contribution in [1.82, 2.24) is 0 Å². The van der Waals surface area contributed by atoms with Gasteiger partial charge in [0.1, 0.15) is 0 Å². The molecule has 0 saturated carbocycles. The van der Waals surface area contributed by atoms with Crippen LogP contribution < -0.4 is 5.30 Å². The van der Waals surface area contributed by atoms with Crippen molar-refractivity contribution in [2.24, 2.45) is 0 Å². The summed E-state index contributed by atoms with van der Waals surface area (Å²) in [5.74, 6) is 0. The van der Waals surface area contributed by atoms with E-state index in [1.54, 1.807) is 12.2 Å². The normalized spacial score (nSPS) is 13.4. The zero-order valence-corrected chi connectivity index (χ0v) is 9.51. The van der Waals surface area contributed by atoms with Gasteiger partial charge in [0.25, 0.3) is 0 Å². The van der Waals surface area contributed by atoms with E-state index < -0.39 is 7.27 Å². The molecule has 0 N–H and O–H groups in total. The predicted molar refractivity (Wildman–Crippen MR) is 67.3 cm³/mol. The quantitative estimate of drug-likeness (QED) is 0.529. The number of rotatable bonds is 4. The smallest absolute Gasteiger partial charge is 0.0523 e. The lowest BCUT2D eigenvalue weighted by atomic mass is 10.4. The van der Waals surface area contributed by atoms with E-state index in [1.807, 2.05) is 36.4 Å². The summed E-state index contributed by atoms with van der Waals surface area (Å²) in [5.41, 5.74) is 0. The van der Waals surface area contributed by atoms with Gasteiger partial charge in [0, 0.05) is 0 Å². The summed E-state index contributed by atoms with van der Waals surface area (Å²) in [5, 5.41) is 2.17. The molecule has 1 unspecified atom stereocenters. The van der Waals surface area contributed by atoms with Crippen molar-refractivity contribution in [3.63, 3.8) is 0 Å². The van der Waals surface area contributed by atoms with Crippen LogP contribution in [0.15, 0.2) is 67.0 Å². The minimum atomic E-state index is -0.801. The molecule has 0 aromatic heterocycles. The lowest BCUT2D eigenvalue weighted by Crippen LogP contribution is -1.95. The summed E-state index contributed by atoms with van der Waals surface area (Å²) < 4.78 is 0. The second-order valence-corrected chi connectivity index (χ2v) is 5.26. The Morgan fingerprint density at radius 3 is 2.36 bits per heavy atom. The average Bonchev–Trinajstić information content (AvgIpc) is 2.26. The molecule has 0 radical (unpaired) electrons. The Labute approximate surface area is 91.1 Å². The van der Waals surface area contributed by atoms with Gasteiger partial charge in [0.05, 0.1) is 7.27 Å². The molecule has 0 aliphatic carbocycles. The summed E-state index contributed by atoms with van der Waals surface area (Å²) in [6.45, 7) is 7.39. The molecule has 0 nitrogen and oxygen atoms in total. The van der Waals surface area contributed by atoms with Gasteiger partial charge in [-0.05, 0) is 10.6 Å². The molecule has 0 saturated heterocycles. The molecule has 0 heterocycles. The predicted octanol–water partition coefficient (Wildman–Crippen LogP) is 4.20. The zero-order valence-electron chi connectivity index (χ0n) is 7.86. The van der Waals surface area contributed by atoms with Gasteiger partial charge in [0.2, 0.25) is 0 Å². The van der Waals surface area contributed by atoms with Gasteiger partial charge in [-0.2, -0.15) is 0 Å². The Kier molecular flexibility index (Phi) is 4.65. The molecule has 1 aromatic rings. The van der Waals surface area contributed by atoms with Gasteiger partial charge in [-0.25, -0.2) is 0 Å². The Morgan fingerprint density at radius 1 is 1.21 bits per heavy atom. The molecule has 14 heavy (non-hydrogen) atoms. The van der Waals surface area contributed by atoms with Crippen LogP contribution in [-0.2, 0) is 0 Å². The lowest BCUT2D eigenvalue weighted by molar-refractivity contribution is 1.77. The van der Waals surface area contributed by atoms with E-state index in [9.17, 15) is 0 Å². The van der Waals surface area contributed by atoms with Crippen LogP contribution in [-0.4, -0.2) is 0 Å². The van der Waals surface area contributed by atoms with Crippen LogP contribution >= 0.6 is 18.5 Å². The molecular weight excluding hydrogens is 211 g/mol. The molecule has 0 amide bonds. The number of benzene rings is 1. The molecule has 0 aliphatic heterocycles. The molecule has 72 valence electrons. The van der Waals surface area contributed by atoms with E-state index in [2.05, 4.69) is 13.2 Å². The number of hydrogen-bond acceptors (Lipinski definition) is 0. The Hall–Kier alpha value is -0.840. The van der Waals surface area contributed by atoms with Crippen molar-refractivity contribution in [3.05, 3.63) is 67.0 Å². The topological polar surface area (TPSA) is 0 Å². The summed E-state index contributed by atoms with van der Waals surface area (Å²) >= 11 is 6.33. The lowest BCUT2D eigenvalue weighted by Gasteiger charge is -2.09. The Balaban J connectivity index is 2.94. The first-order chi connectivity index (χ1) is 6.79.